The van der Waals surface area contributed by atoms with Crippen LogP contribution in [0.3, 0.4) is 0 Å². The number of rotatable bonds is 3. The van der Waals surface area contributed by atoms with Crippen molar-refractivity contribution >= 4 is 11.5 Å². The van der Waals surface area contributed by atoms with Crippen molar-refractivity contribution in [1.29, 1.82) is 0 Å². The maximum Gasteiger partial charge on any atom is 0.158 e. The van der Waals surface area contributed by atoms with Gasteiger partial charge in [0.2, 0.25) is 0 Å². The fraction of sp³-hybridized carbons (Fsp3) is 0.455. The van der Waals surface area contributed by atoms with E-state index in [0.717, 1.165) is 60.7 Å². The number of aliphatic hydroxyl groups is 1. The van der Waals surface area contributed by atoms with E-state index in [-0.39, 0.29) is 6.10 Å². The van der Waals surface area contributed by atoms with Crippen molar-refractivity contribution in [3.8, 4) is 17.0 Å². The van der Waals surface area contributed by atoms with Crippen molar-refractivity contribution in [1.82, 2.24) is 14.6 Å². The molecule has 2 aliphatic rings. The molecule has 146 valence electrons. The Kier molecular flexibility index (Phi) is 4.43. The summed E-state index contributed by atoms with van der Waals surface area (Å²) < 4.78 is 7.27. The van der Waals surface area contributed by atoms with Crippen molar-refractivity contribution in [3.05, 3.63) is 41.6 Å². The number of piperidine rings is 1. The molecule has 1 saturated heterocycles. The Morgan fingerprint density at radius 3 is 2.71 bits per heavy atom. The van der Waals surface area contributed by atoms with Crippen molar-refractivity contribution in [2.45, 2.75) is 44.6 Å². The van der Waals surface area contributed by atoms with Gasteiger partial charge in [0.15, 0.2) is 5.65 Å². The van der Waals surface area contributed by atoms with Gasteiger partial charge in [-0.2, -0.15) is 9.61 Å². The lowest BCUT2D eigenvalue weighted by atomic mass is 9.95. The minimum absolute atomic E-state index is 0.271. The van der Waals surface area contributed by atoms with E-state index in [9.17, 15) is 5.11 Å². The number of anilines is 1. The average Bonchev–Trinajstić information content (AvgIpc) is 3.15. The van der Waals surface area contributed by atoms with Crippen LogP contribution < -0.4 is 9.64 Å². The van der Waals surface area contributed by atoms with E-state index < -0.39 is 0 Å². The Balaban J connectivity index is 1.65. The van der Waals surface area contributed by atoms with Crippen LogP contribution in [0.25, 0.3) is 16.9 Å². The van der Waals surface area contributed by atoms with Gasteiger partial charge in [0.05, 0.1) is 18.9 Å². The van der Waals surface area contributed by atoms with Gasteiger partial charge in [0.25, 0.3) is 0 Å². The van der Waals surface area contributed by atoms with E-state index in [1.54, 1.807) is 7.11 Å². The molecule has 1 N–H and O–H groups in total. The zero-order valence-corrected chi connectivity index (χ0v) is 16.3. The van der Waals surface area contributed by atoms with Gasteiger partial charge >= 0.3 is 0 Å². The second kappa shape index (κ2) is 7.09. The van der Waals surface area contributed by atoms with Crippen LogP contribution >= 0.6 is 0 Å². The Morgan fingerprint density at radius 2 is 1.93 bits per heavy atom. The SMILES string of the molecule is COc1ccc(-c2cc3nc4c(c(N5CCC[C@@H](O)C5)n3n2)CCCC4)cc1. The predicted octanol–water partition coefficient (Wildman–Crippen LogP) is 3.24. The summed E-state index contributed by atoms with van der Waals surface area (Å²) in [5, 5.41) is 15.2. The van der Waals surface area contributed by atoms with Crippen molar-refractivity contribution in [3.63, 3.8) is 0 Å². The quantitative estimate of drug-likeness (QED) is 0.758. The Bertz CT molecular complexity index is 996. The molecule has 0 saturated carbocycles. The molecular formula is C22H26N4O2. The molecule has 0 bridgehead atoms. The molecule has 0 unspecified atom stereocenters. The van der Waals surface area contributed by atoms with E-state index in [1.807, 2.05) is 28.8 Å². The lowest BCUT2D eigenvalue weighted by molar-refractivity contribution is 0.153. The third-order valence-electron chi connectivity index (χ3n) is 5.93. The minimum atomic E-state index is -0.271. The molecule has 1 atom stereocenters. The Hall–Kier alpha value is -2.60. The first kappa shape index (κ1) is 17.5. The van der Waals surface area contributed by atoms with Gasteiger partial charge in [-0.25, -0.2) is 4.98 Å². The first-order valence-electron chi connectivity index (χ1n) is 10.2. The van der Waals surface area contributed by atoms with Gasteiger partial charge in [0.1, 0.15) is 11.6 Å². The maximum atomic E-state index is 10.3. The molecule has 2 aromatic heterocycles. The largest absolute Gasteiger partial charge is 0.497 e. The molecule has 3 aromatic rings. The summed E-state index contributed by atoms with van der Waals surface area (Å²) in [6.45, 7) is 1.63. The summed E-state index contributed by atoms with van der Waals surface area (Å²) in [4.78, 5) is 7.27. The number of aromatic nitrogens is 3. The number of aliphatic hydroxyl groups excluding tert-OH is 1. The van der Waals surface area contributed by atoms with Crippen LogP contribution in [-0.4, -0.2) is 46.0 Å². The van der Waals surface area contributed by atoms with Crippen molar-refractivity contribution in [2.24, 2.45) is 0 Å². The van der Waals surface area contributed by atoms with Gasteiger partial charge in [-0.3, -0.25) is 0 Å². The number of fused-ring (bicyclic) bond motifs is 2. The summed E-state index contributed by atoms with van der Waals surface area (Å²) in [7, 11) is 1.67. The van der Waals surface area contributed by atoms with Crippen LogP contribution in [0, 0.1) is 0 Å². The number of β-amino-alcohol motifs (C(OH)–C–C–N with tert-alkyl or cyclic N) is 1. The molecule has 1 aromatic carbocycles. The monoisotopic (exact) mass is 378 g/mol. The lowest BCUT2D eigenvalue weighted by Gasteiger charge is -2.34. The number of nitrogens with zero attached hydrogens (tertiary/aromatic N) is 4. The highest BCUT2D eigenvalue weighted by molar-refractivity contribution is 5.68. The molecule has 28 heavy (non-hydrogen) atoms. The Labute approximate surface area is 164 Å². The summed E-state index contributed by atoms with van der Waals surface area (Å²) in [5.74, 6) is 1.97. The third kappa shape index (κ3) is 3.02. The first-order chi connectivity index (χ1) is 13.7. The van der Waals surface area contributed by atoms with E-state index in [0.29, 0.717) is 6.54 Å². The van der Waals surface area contributed by atoms with Gasteiger partial charge < -0.3 is 14.7 Å². The molecule has 3 heterocycles. The van der Waals surface area contributed by atoms with Gasteiger partial charge in [-0.1, -0.05) is 0 Å². The molecule has 0 radical (unpaired) electrons. The average molecular weight is 378 g/mol. The molecule has 0 spiro atoms. The van der Waals surface area contributed by atoms with Crippen LogP contribution in [0.2, 0.25) is 0 Å². The van der Waals surface area contributed by atoms with E-state index >= 15 is 0 Å². The molecule has 1 aliphatic carbocycles. The van der Waals surface area contributed by atoms with Crippen LogP contribution in [0.1, 0.15) is 36.9 Å². The number of hydrogen-bond donors (Lipinski definition) is 1. The maximum absolute atomic E-state index is 10.3. The predicted molar refractivity (Wildman–Crippen MR) is 109 cm³/mol. The van der Waals surface area contributed by atoms with Crippen LogP contribution in [0.15, 0.2) is 30.3 Å². The highest BCUT2D eigenvalue weighted by Gasteiger charge is 2.27. The van der Waals surface area contributed by atoms with Gasteiger partial charge in [-0.05, 0) is 62.8 Å². The summed E-state index contributed by atoms with van der Waals surface area (Å²) in [5.41, 5.74) is 5.37. The second-order valence-electron chi connectivity index (χ2n) is 7.84. The van der Waals surface area contributed by atoms with Crippen LogP contribution in [0.5, 0.6) is 5.75 Å². The number of ether oxygens (including phenoxy) is 1. The van der Waals surface area contributed by atoms with Crippen LogP contribution in [-0.2, 0) is 12.8 Å². The van der Waals surface area contributed by atoms with Gasteiger partial charge in [0, 0.05) is 36.0 Å². The third-order valence-corrected chi connectivity index (χ3v) is 5.93. The number of methoxy groups -OCH3 is 1. The van der Waals surface area contributed by atoms with Gasteiger partial charge in [-0.15, -0.1) is 0 Å². The fourth-order valence-electron chi connectivity index (χ4n) is 4.50. The molecule has 1 fully saturated rings. The van der Waals surface area contributed by atoms with Crippen molar-refractivity contribution in [2.75, 3.05) is 25.1 Å². The van der Waals surface area contributed by atoms with Crippen molar-refractivity contribution < 1.29 is 9.84 Å². The summed E-state index contributed by atoms with van der Waals surface area (Å²) in [6.07, 6.45) is 6.06. The zero-order valence-electron chi connectivity index (χ0n) is 16.3. The number of hydrogen-bond acceptors (Lipinski definition) is 5. The van der Waals surface area contributed by atoms with E-state index in [2.05, 4.69) is 11.0 Å². The van der Waals surface area contributed by atoms with E-state index in [4.69, 9.17) is 14.8 Å². The van der Waals surface area contributed by atoms with E-state index in [1.165, 1.54) is 24.1 Å². The minimum Gasteiger partial charge on any atom is -0.497 e. The molecule has 6 heteroatoms. The topological polar surface area (TPSA) is 62.9 Å². The van der Waals surface area contributed by atoms with Crippen LogP contribution in [0.4, 0.5) is 5.82 Å². The smallest absolute Gasteiger partial charge is 0.158 e. The zero-order chi connectivity index (χ0) is 19.1. The highest BCUT2D eigenvalue weighted by Crippen LogP contribution is 2.33. The molecular weight excluding hydrogens is 352 g/mol. The standard InChI is InChI=1S/C22H26N4O2/c1-28-17-10-8-15(9-11-17)20-13-21-23-19-7-3-2-6-18(19)22(26(21)24-20)25-12-4-5-16(27)14-25/h8-11,13,16,27H,2-7,12,14H2,1H3/t16-/m1/s1. The second-order valence-corrected chi connectivity index (χ2v) is 7.84. The summed E-state index contributed by atoms with van der Waals surface area (Å²) >= 11 is 0. The molecule has 5 rings (SSSR count). The molecule has 1 aliphatic heterocycles. The molecule has 0 amide bonds. The fourth-order valence-corrected chi connectivity index (χ4v) is 4.50. The Morgan fingerprint density at radius 1 is 1.11 bits per heavy atom. The molecule has 6 nitrogen and oxygen atoms in total. The number of aryl methyl sites for hydroxylation is 1. The highest BCUT2D eigenvalue weighted by atomic mass is 16.5. The number of benzene rings is 1. The summed E-state index contributed by atoms with van der Waals surface area (Å²) in [6, 6.07) is 10.1. The normalized spacial score (nSPS) is 19.6. The lowest BCUT2D eigenvalue weighted by Crippen LogP contribution is -2.40. The first-order valence-corrected chi connectivity index (χ1v) is 10.2.